The van der Waals surface area contributed by atoms with Crippen molar-refractivity contribution in [3.8, 4) is 0 Å². The Hall–Kier alpha value is -1.72. The Morgan fingerprint density at radius 1 is 1.14 bits per heavy atom. The molecule has 9 atom stereocenters. The number of ether oxygens (including phenoxy) is 3. The monoisotopic (exact) mass is 611 g/mol. The number of esters is 1. The van der Waals surface area contributed by atoms with Gasteiger partial charge in [-0.05, 0) is 62.5 Å². The van der Waals surface area contributed by atoms with Crippen LogP contribution in [0.4, 0.5) is 5.69 Å². The highest BCUT2D eigenvalue weighted by atomic mass is 32.2. The van der Waals surface area contributed by atoms with Gasteiger partial charge in [0.2, 0.25) is 10.0 Å². The SMILES string of the molecule is CC[C@H](C)C(C)(C)C(CC[C@@]1(O)C[C@H](OC)C2CC(C)[C@]1(O)[C@H]2OC)[C@H](C)OC(=O)c1ccccc1NS(=O)(=O)CC. The molecular formula is C32H53NO8S. The van der Waals surface area contributed by atoms with E-state index in [-0.39, 0.29) is 58.6 Å². The molecular weight excluding hydrogens is 558 g/mol. The highest BCUT2D eigenvalue weighted by Crippen LogP contribution is 2.57. The molecule has 0 aliphatic heterocycles. The van der Waals surface area contributed by atoms with Gasteiger partial charge in [0.25, 0.3) is 0 Å². The smallest absolute Gasteiger partial charge is 0.340 e. The molecule has 42 heavy (non-hydrogen) atoms. The van der Waals surface area contributed by atoms with Crippen molar-refractivity contribution in [3.05, 3.63) is 29.8 Å². The lowest BCUT2D eigenvalue weighted by atomic mass is 9.61. The van der Waals surface area contributed by atoms with Gasteiger partial charge in [0.1, 0.15) is 11.7 Å². The highest BCUT2D eigenvalue weighted by molar-refractivity contribution is 7.92. The molecule has 0 spiro atoms. The topological polar surface area (TPSA) is 131 Å². The normalized spacial score (nSPS) is 31.8. The van der Waals surface area contributed by atoms with E-state index in [1.54, 1.807) is 38.5 Å². The summed E-state index contributed by atoms with van der Waals surface area (Å²) in [6.45, 7) is 14.0. The molecule has 2 saturated carbocycles. The summed E-state index contributed by atoms with van der Waals surface area (Å²) in [7, 11) is -0.381. The maximum atomic E-state index is 13.5. The van der Waals surface area contributed by atoms with Crippen LogP contribution in [-0.4, -0.2) is 74.1 Å². The Morgan fingerprint density at radius 2 is 1.79 bits per heavy atom. The van der Waals surface area contributed by atoms with Crippen molar-refractivity contribution in [2.75, 3.05) is 24.7 Å². The van der Waals surface area contributed by atoms with Crippen LogP contribution >= 0.6 is 0 Å². The number of sulfonamides is 1. The zero-order chi connectivity index (χ0) is 31.7. The Balaban J connectivity index is 1.92. The van der Waals surface area contributed by atoms with E-state index in [1.165, 1.54) is 6.92 Å². The molecule has 2 bridgehead atoms. The number of nitrogens with one attached hydrogen (secondary N) is 1. The van der Waals surface area contributed by atoms with E-state index in [0.717, 1.165) is 6.42 Å². The van der Waals surface area contributed by atoms with Crippen LogP contribution in [0, 0.1) is 29.1 Å². The summed E-state index contributed by atoms with van der Waals surface area (Å²) >= 11 is 0. The van der Waals surface area contributed by atoms with Crippen LogP contribution in [0.1, 0.15) is 90.9 Å². The molecule has 2 aliphatic carbocycles. The van der Waals surface area contributed by atoms with Crippen molar-refractivity contribution in [2.24, 2.45) is 29.1 Å². The van der Waals surface area contributed by atoms with Gasteiger partial charge in [-0.15, -0.1) is 0 Å². The van der Waals surface area contributed by atoms with Crippen molar-refractivity contribution in [3.63, 3.8) is 0 Å². The third-order valence-electron chi connectivity index (χ3n) is 10.9. The quantitative estimate of drug-likeness (QED) is 0.250. The Kier molecular flexibility index (Phi) is 10.8. The molecule has 3 N–H and O–H groups in total. The summed E-state index contributed by atoms with van der Waals surface area (Å²) < 4.78 is 44.6. The summed E-state index contributed by atoms with van der Waals surface area (Å²) in [5.41, 5.74) is -2.87. The number of hydrogen-bond acceptors (Lipinski definition) is 8. The average molecular weight is 612 g/mol. The molecule has 2 aliphatic rings. The minimum absolute atomic E-state index is 0.00212. The number of carbonyl (C=O) groups is 1. The van der Waals surface area contributed by atoms with Gasteiger partial charge in [-0.25, -0.2) is 13.2 Å². The summed E-state index contributed by atoms with van der Waals surface area (Å²) in [5.74, 6) is -0.844. The van der Waals surface area contributed by atoms with E-state index in [1.807, 2.05) is 13.8 Å². The number of carbonyl (C=O) groups excluding carboxylic acids is 1. The lowest BCUT2D eigenvalue weighted by molar-refractivity contribution is -0.260. The maximum Gasteiger partial charge on any atom is 0.340 e. The third kappa shape index (κ3) is 6.39. The summed E-state index contributed by atoms with van der Waals surface area (Å²) in [6.07, 6.45) is 1.32. The van der Waals surface area contributed by atoms with Gasteiger partial charge in [-0.2, -0.15) is 0 Å². The zero-order valence-corrected chi connectivity index (χ0v) is 27.7. The number of benzene rings is 1. The molecule has 1 aromatic rings. The molecule has 3 unspecified atom stereocenters. The van der Waals surface area contributed by atoms with Gasteiger partial charge in [0.15, 0.2) is 0 Å². The zero-order valence-electron chi connectivity index (χ0n) is 26.8. The molecule has 0 aromatic heterocycles. The second kappa shape index (κ2) is 13.1. The molecule has 2 fully saturated rings. The van der Waals surface area contributed by atoms with E-state index in [2.05, 4.69) is 32.4 Å². The van der Waals surface area contributed by atoms with E-state index in [9.17, 15) is 23.4 Å². The number of anilines is 1. The second-order valence-corrected chi connectivity index (χ2v) is 15.2. The number of aliphatic hydroxyl groups is 2. The fraction of sp³-hybridized carbons (Fsp3) is 0.781. The predicted molar refractivity (Wildman–Crippen MR) is 164 cm³/mol. The van der Waals surface area contributed by atoms with Gasteiger partial charge in [-0.1, -0.05) is 53.2 Å². The van der Waals surface area contributed by atoms with Crippen LogP contribution in [0.25, 0.3) is 0 Å². The van der Waals surface area contributed by atoms with Crippen molar-refractivity contribution >= 4 is 21.7 Å². The molecule has 9 nitrogen and oxygen atoms in total. The van der Waals surface area contributed by atoms with Gasteiger partial charge in [0, 0.05) is 32.5 Å². The Labute approximate surface area is 252 Å². The lowest BCUT2D eigenvalue weighted by Crippen LogP contribution is -2.68. The van der Waals surface area contributed by atoms with Crippen molar-refractivity contribution in [1.29, 1.82) is 0 Å². The van der Waals surface area contributed by atoms with Crippen LogP contribution in [0.3, 0.4) is 0 Å². The number of methoxy groups -OCH3 is 2. The molecule has 1 aromatic carbocycles. The van der Waals surface area contributed by atoms with Gasteiger partial charge < -0.3 is 24.4 Å². The first kappa shape index (κ1) is 34.8. The minimum Gasteiger partial charge on any atom is -0.459 e. The van der Waals surface area contributed by atoms with Gasteiger partial charge in [0.05, 0.1) is 34.8 Å². The maximum absolute atomic E-state index is 13.5. The number of fused-ring (bicyclic) bond motifs is 2. The average Bonchev–Trinajstić information content (AvgIpc) is 3.17. The molecule has 3 rings (SSSR count). The van der Waals surface area contributed by atoms with Crippen LogP contribution in [-0.2, 0) is 24.2 Å². The number of rotatable bonds is 14. The standard InChI is InChI=1S/C32H53NO8S/c1-10-20(3)30(6,7)25(22(5)41-29(34)23-14-12-13-15-26(23)33-42(37,38)11-2)16-17-31(35)19-27(39-8)24-18-21(4)32(31,36)28(24)40-9/h12-15,20-22,24-25,27-28,33,35-36H,10-11,16-19H2,1-9H3/t20-,21?,22-,24?,25?,27-,28-,31+,32-/m0/s1. The van der Waals surface area contributed by atoms with E-state index in [4.69, 9.17) is 14.2 Å². The van der Waals surface area contributed by atoms with Crippen molar-refractivity contribution in [2.45, 2.75) is 110 Å². The summed E-state index contributed by atoms with van der Waals surface area (Å²) in [5, 5.41) is 24.3. The van der Waals surface area contributed by atoms with Crippen LogP contribution in [0.15, 0.2) is 24.3 Å². The van der Waals surface area contributed by atoms with E-state index < -0.39 is 39.4 Å². The fourth-order valence-electron chi connectivity index (χ4n) is 7.75. The van der Waals surface area contributed by atoms with Gasteiger partial charge in [-0.3, -0.25) is 4.72 Å². The molecule has 0 radical (unpaired) electrons. The van der Waals surface area contributed by atoms with Crippen molar-refractivity contribution in [1.82, 2.24) is 0 Å². The molecule has 240 valence electrons. The Bertz CT molecular complexity index is 1190. The molecule has 0 heterocycles. The molecule has 10 heteroatoms. The highest BCUT2D eigenvalue weighted by Gasteiger charge is 2.69. The first-order valence-electron chi connectivity index (χ1n) is 15.3. The largest absolute Gasteiger partial charge is 0.459 e. The summed E-state index contributed by atoms with van der Waals surface area (Å²) in [4.78, 5) is 13.5. The molecule has 0 amide bonds. The number of hydrogen-bond donors (Lipinski definition) is 3. The summed E-state index contributed by atoms with van der Waals surface area (Å²) in [6, 6.07) is 6.42. The van der Waals surface area contributed by atoms with Crippen molar-refractivity contribution < 1.29 is 37.6 Å². The third-order valence-corrected chi connectivity index (χ3v) is 12.2. The van der Waals surface area contributed by atoms with E-state index in [0.29, 0.717) is 19.3 Å². The first-order valence-corrected chi connectivity index (χ1v) is 17.0. The lowest BCUT2D eigenvalue weighted by Gasteiger charge is -2.53. The minimum atomic E-state index is -3.60. The van der Waals surface area contributed by atoms with Gasteiger partial charge >= 0.3 is 5.97 Å². The van der Waals surface area contributed by atoms with E-state index >= 15 is 0 Å². The van der Waals surface area contributed by atoms with Crippen LogP contribution in [0.2, 0.25) is 0 Å². The molecule has 0 saturated heterocycles. The Morgan fingerprint density at radius 3 is 2.36 bits per heavy atom. The van der Waals surface area contributed by atoms with Crippen LogP contribution < -0.4 is 4.72 Å². The second-order valence-electron chi connectivity index (χ2n) is 13.2. The first-order chi connectivity index (χ1) is 19.5. The fourth-order valence-corrected chi connectivity index (χ4v) is 8.41. The van der Waals surface area contributed by atoms with Crippen LogP contribution in [0.5, 0.6) is 0 Å². The number of para-hydroxylation sites is 1. The predicted octanol–water partition coefficient (Wildman–Crippen LogP) is 5.01.